The lowest BCUT2D eigenvalue weighted by atomic mass is 10.2. The molecule has 1 aliphatic heterocycles. The molecule has 1 saturated heterocycles. The lowest BCUT2D eigenvalue weighted by Gasteiger charge is -2.26. The molecule has 1 aromatic carbocycles. The van der Waals surface area contributed by atoms with Crippen LogP contribution in [0, 0.1) is 6.92 Å². The van der Waals surface area contributed by atoms with Crippen LogP contribution in [0.5, 0.6) is 0 Å². The minimum Gasteiger partial charge on any atom is -0.450 e. The number of benzene rings is 1. The number of nitrogens with one attached hydrogen (secondary N) is 1. The third kappa shape index (κ3) is 4.88. The maximum Gasteiger partial charge on any atom is 0.248 e. The summed E-state index contributed by atoms with van der Waals surface area (Å²) in [4.78, 5) is 12.4. The van der Waals surface area contributed by atoms with Gasteiger partial charge in [0.25, 0.3) is 0 Å². The fourth-order valence-electron chi connectivity index (χ4n) is 2.90. The predicted molar refractivity (Wildman–Crippen MR) is 108 cm³/mol. The predicted octanol–water partition coefficient (Wildman–Crippen LogP) is 4.18. The second-order valence-electron chi connectivity index (χ2n) is 6.41. The van der Waals surface area contributed by atoms with Crippen LogP contribution in [0.4, 0.5) is 5.69 Å². The summed E-state index contributed by atoms with van der Waals surface area (Å²) in [7, 11) is -3.55. The van der Waals surface area contributed by atoms with E-state index in [0.717, 1.165) is 24.8 Å². The van der Waals surface area contributed by atoms with E-state index in [9.17, 15) is 13.2 Å². The molecule has 8 heteroatoms. The van der Waals surface area contributed by atoms with E-state index >= 15 is 0 Å². The van der Waals surface area contributed by atoms with Gasteiger partial charge in [-0.15, -0.1) is 0 Å². The molecule has 27 heavy (non-hydrogen) atoms. The van der Waals surface area contributed by atoms with E-state index in [1.165, 1.54) is 16.4 Å². The summed E-state index contributed by atoms with van der Waals surface area (Å²) in [6, 6.07) is 8.28. The Balaban J connectivity index is 1.76. The zero-order valence-corrected chi connectivity index (χ0v) is 17.3. The van der Waals surface area contributed by atoms with Crippen molar-refractivity contribution in [2.45, 2.75) is 31.1 Å². The van der Waals surface area contributed by atoms with Crippen molar-refractivity contribution in [1.82, 2.24) is 4.31 Å². The average molecular weight is 453 g/mol. The van der Waals surface area contributed by atoms with Crippen LogP contribution in [-0.2, 0) is 14.8 Å². The van der Waals surface area contributed by atoms with E-state index in [0.29, 0.717) is 29.2 Å². The Morgan fingerprint density at radius 1 is 1.19 bits per heavy atom. The Kier molecular flexibility index (Phi) is 6.18. The van der Waals surface area contributed by atoms with E-state index < -0.39 is 10.0 Å². The SMILES string of the molecule is Cc1ccc(S(=O)(=O)N2CCCCC2)cc1NC(=O)/C=C/c1ccc(Br)o1. The molecular weight excluding hydrogens is 432 g/mol. The number of aryl methyl sites for hydroxylation is 1. The molecule has 0 spiro atoms. The van der Waals surface area contributed by atoms with E-state index in [1.807, 2.05) is 6.92 Å². The topological polar surface area (TPSA) is 79.6 Å². The van der Waals surface area contributed by atoms with Crippen molar-refractivity contribution in [1.29, 1.82) is 0 Å². The summed E-state index contributed by atoms with van der Waals surface area (Å²) in [6.45, 7) is 2.90. The Morgan fingerprint density at radius 2 is 1.93 bits per heavy atom. The van der Waals surface area contributed by atoms with Gasteiger partial charge in [-0.05, 0) is 71.6 Å². The van der Waals surface area contributed by atoms with Gasteiger partial charge in [0, 0.05) is 24.9 Å². The van der Waals surface area contributed by atoms with Gasteiger partial charge in [-0.25, -0.2) is 8.42 Å². The maximum atomic E-state index is 12.8. The molecule has 0 radical (unpaired) electrons. The Bertz CT molecular complexity index is 960. The van der Waals surface area contributed by atoms with Crippen molar-refractivity contribution in [3.8, 4) is 0 Å². The smallest absolute Gasteiger partial charge is 0.248 e. The molecule has 1 aliphatic rings. The van der Waals surface area contributed by atoms with Crippen LogP contribution in [0.3, 0.4) is 0 Å². The fourth-order valence-corrected chi connectivity index (χ4v) is 4.76. The third-order valence-electron chi connectivity index (χ3n) is 4.41. The third-order valence-corrected chi connectivity index (χ3v) is 6.73. The lowest BCUT2D eigenvalue weighted by Crippen LogP contribution is -2.35. The zero-order chi connectivity index (χ0) is 19.4. The number of halogens is 1. The first-order valence-electron chi connectivity index (χ1n) is 8.71. The van der Waals surface area contributed by atoms with E-state index in [2.05, 4.69) is 21.2 Å². The average Bonchev–Trinajstić information content (AvgIpc) is 3.08. The van der Waals surface area contributed by atoms with Crippen LogP contribution < -0.4 is 5.32 Å². The Morgan fingerprint density at radius 3 is 2.59 bits per heavy atom. The number of sulfonamides is 1. The Labute approximate surface area is 167 Å². The maximum absolute atomic E-state index is 12.8. The van der Waals surface area contributed by atoms with E-state index in [1.54, 1.807) is 30.3 Å². The van der Waals surface area contributed by atoms with Gasteiger partial charge in [0.15, 0.2) is 4.67 Å². The number of hydrogen-bond acceptors (Lipinski definition) is 4. The molecule has 0 atom stereocenters. The molecule has 1 aromatic heterocycles. The lowest BCUT2D eigenvalue weighted by molar-refractivity contribution is -0.111. The van der Waals surface area contributed by atoms with Crippen LogP contribution in [0.1, 0.15) is 30.6 Å². The van der Waals surface area contributed by atoms with Crippen molar-refractivity contribution in [2.24, 2.45) is 0 Å². The van der Waals surface area contributed by atoms with Crippen molar-refractivity contribution in [3.63, 3.8) is 0 Å². The van der Waals surface area contributed by atoms with Gasteiger partial charge in [0.1, 0.15) is 5.76 Å². The van der Waals surface area contributed by atoms with E-state index in [4.69, 9.17) is 4.42 Å². The molecule has 0 bridgehead atoms. The van der Waals surface area contributed by atoms with Crippen LogP contribution in [0.2, 0.25) is 0 Å². The second-order valence-corrected chi connectivity index (χ2v) is 9.13. The van der Waals surface area contributed by atoms with Gasteiger partial charge in [-0.2, -0.15) is 4.31 Å². The number of furan rings is 1. The molecule has 0 saturated carbocycles. The van der Waals surface area contributed by atoms with Gasteiger partial charge in [0.2, 0.25) is 15.9 Å². The highest BCUT2D eigenvalue weighted by Gasteiger charge is 2.26. The van der Waals surface area contributed by atoms with Gasteiger partial charge in [-0.3, -0.25) is 4.79 Å². The second kappa shape index (κ2) is 8.41. The number of piperidine rings is 1. The standard InChI is InChI=1S/C19H21BrN2O4S/c1-14-5-8-16(27(24,25)22-11-3-2-4-12-22)13-17(14)21-19(23)10-7-15-6-9-18(20)26-15/h5-10,13H,2-4,11-12H2,1H3,(H,21,23)/b10-7+. The van der Waals surface area contributed by atoms with Gasteiger partial charge in [0.05, 0.1) is 4.90 Å². The first kappa shape index (κ1) is 19.9. The summed E-state index contributed by atoms with van der Waals surface area (Å²) >= 11 is 3.20. The summed E-state index contributed by atoms with van der Waals surface area (Å²) in [5.74, 6) is 0.174. The van der Waals surface area contributed by atoms with Gasteiger partial charge >= 0.3 is 0 Å². The number of nitrogens with zero attached hydrogens (tertiary/aromatic N) is 1. The Hall–Kier alpha value is -1.90. The van der Waals surface area contributed by atoms with Gasteiger partial charge < -0.3 is 9.73 Å². The number of carbonyl (C=O) groups excluding carboxylic acids is 1. The van der Waals surface area contributed by atoms with Crippen LogP contribution in [0.15, 0.2) is 50.4 Å². The van der Waals surface area contributed by atoms with Crippen LogP contribution >= 0.6 is 15.9 Å². The molecule has 1 amide bonds. The first-order valence-corrected chi connectivity index (χ1v) is 10.9. The van der Waals surface area contributed by atoms with Crippen molar-refractivity contribution < 1.29 is 17.6 Å². The largest absolute Gasteiger partial charge is 0.450 e. The molecule has 1 N–H and O–H groups in total. The molecule has 3 rings (SSSR count). The number of anilines is 1. The minimum absolute atomic E-state index is 0.198. The molecule has 2 aromatic rings. The normalized spacial score (nSPS) is 15.9. The summed E-state index contributed by atoms with van der Waals surface area (Å²) in [5.41, 5.74) is 1.26. The van der Waals surface area contributed by atoms with Crippen molar-refractivity contribution in [3.05, 3.63) is 52.4 Å². The quantitative estimate of drug-likeness (QED) is 0.689. The fraction of sp³-hybridized carbons (Fsp3) is 0.316. The first-order chi connectivity index (χ1) is 12.9. The molecule has 2 heterocycles. The highest BCUT2D eigenvalue weighted by molar-refractivity contribution is 9.10. The number of rotatable bonds is 5. The summed E-state index contributed by atoms with van der Waals surface area (Å²) in [6.07, 6.45) is 5.70. The monoisotopic (exact) mass is 452 g/mol. The number of carbonyl (C=O) groups is 1. The highest BCUT2D eigenvalue weighted by atomic mass is 79.9. The molecule has 0 unspecified atom stereocenters. The molecular formula is C19H21BrN2O4S. The van der Waals surface area contributed by atoms with Gasteiger partial charge in [-0.1, -0.05) is 12.5 Å². The van der Waals surface area contributed by atoms with E-state index in [-0.39, 0.29) is 10.8 Å². The molecule has 0 aliphatic carbocycles. The minimum atomic E-state index is -3.55. The zero-order valence-electron chi connectivity index (χ0n) is 14.9. The number of hydrogen-bond donors (Lipinski definition) is 1. The molecule has 1 fully saturated rings. The van der Waals surface area contributed by atoms with Crippen molar-refractivity contribution >= 4 is 43.6 Å². The van der Waals surface area contributed by atoms with Crippen LogP contribution in [-0.4, -0.2) is 31.7 Å². The highest BCUT2D eigenvalue weighted by Crippen LogP contribution is 2.25. The molecule has 144 valence electrons. The summed E-state index contributed by atoms with van der Waals surface area (Å²) < 4.78 is 33.1. The van der Waals surface area contributed by atoms with Crippen LogP contribution in [0.25, 0.3) is 6.08 Å². The summed E-state index contributed by atoms with van der Waals surface area (Å²) in [5, 5.41) is 2.74. The van der Waals surface area contributed by atoms with Crippen molar-refractivity contribution in [2.75, 3.05) is 18.4 Å². The number of amides is 1. The molecule has 6 nitrogen and oxygen atoms in total.